The average Bonchev–Trinajstić information content (AvgIpc) is 2.27. The van der Waals surface area contributed by atoms with Crippen molar-refractivity contribution in [2.45, 2.75) is 31.2 Å². The topological polar surface area (TPSA) is 89.3 Å². The van der Waals surface area contributed by atoms with Crippen molar-refractivity contribution in [3.05, 3.63) is 34.1 Å². The zero-order chi connectivity index (χ0) is 13.9. The minimum absolute atomic E-state index is 0.361. The molecule has 0 aliphatic heterocycles. The number of hydrogen-bond acceptors (Lipinski definition) is 4. The third-order valence-corrected chi connectivity index (χ3v) is 4.01. The quantitative estimate of drug-likeness (QED) is 0.656. The number of nitrogens with one attached hydrogen (secondary N) is 1. The maximum atomic E-state index is 12.9. The lowest BCUT2D eigenvalue weighted by Gasteiger charge is -2.12. The molecule has 18 heavy (non-hydrogen) atoms. The van der Waals surface area contributed by atoms with Crippen LogP contribution < -0.4 is 4.72 Å². The molecule has 1 aromatic carbocycles. The van der Waals surface area contributed by atoms with E-state index in [2.05, 4.69) is 4.72 Å². The third-order valence-electron chi connectivity index (χ3n) is 2.38. The number of rotatable bonds is 5. The molecule has 1 rings (SSSR count). The van der Waals surface area contributed by atoms with Crippen molar-refractivity contribution in [2.24, 2.45) is 0 Å². The minimum Gasteiger partial charge on any atom is -0.258 e. The van der Waals surface area contributed by atoms with Gasteiger partial charge in [0.15, 0.2) is 4.90 Å². The molecule has 0 bridgehead atoms. The van der Waals surface area contributed by atoms with Crippen molar-refractivity contribution in [3.63, 3.8) is 0 Å². The molecule has 0 spiro atoms. The van der Waals surface area contributed by atoms with Crippen LogP contribution >= 0.6 is 0 Å². The molecule has 6 nitrogen and oxygen atoms in total. The molecule has 100 valence electrons. The van der Waals surface area contributed by atoms with Gasteiger partial charge in [-0.15, -0.1) is 0 Å². The number of nitro groups is 1. The van der Waals surface area contributed by atoms with Gasteiger partial charge in [0.25, 0.3) is 5.69 Å². The van der Waals surface area contributed by atoms with Gasteiger partial charge in [-0.2, -0.15) is 0 Å². The molecule has 8 heteroatoms. The van der Waals surface area contributed by atoms with Gasteiger partial charge < -0.3 is 0 Å². The number of nitrogens with zero attached hydrogens (tertiary/aromatic N) is 1. The Hall–Kier alpha value is -1.54. The van der Waals surface area contributed by atoms with E-state index in [0.717, 1.165) is 12.1 Å². The first-order valence-electron chi connectivity index (χ1n) is 5.24. The van der Waals surface area contributed by atoms with Crippen LogP contribution in [0.25, 0.3) is 0 Å². The van der Waals surface area contributed by atoms with Gasteiger partial charge in [-0.05, 0) is 25.5 Å². The highest BCUT2D eigenvalue weighted by Gasteiger charge is 2.27. The van der Waals surface area contributed by atoms with Crippen molar-refractivity contribution in [2.75, 3.05) is 0 Å². The molecule has 0 aliphatic carbocycles. The van der Waals surface area contributed by atoms with E-state index in [1.807, 2.05) is 0 Å². The van der Waals surface area contributed by atoms with E-state index in [-0.39, 0.29) is 6.04 Å². The van der Waals surface area contributed by atoms with Crippen LogP contribution in [0.15, 0.2) is 23.1 Å². The van der Waals surface area contributed by atoms with E-state index in [1.165, 1.54) is 0 Å². The molecule has 0 aliphatic rings. The van der Waals surface area contributed by atoms with E-state index in [1.54, 1.807) is 13.8 Å². The van der Waals surface area contributed by atoms with Crippen LogP contribution in [0.4, 0.5) is 10.1 Å². The van der Waals surface area contributed by atoms with Gasteiger partial charge >= 0.3 is 0 Å². The normalized spacial score (nSPS) is 13.3. The summed E-state index contributed by atoms with van der Waals surface area (Å²) in [7, 11) is -4.02. The third kappa shape index (κ3) is 3.23. The monoisotopic (exact) mass is 276 g/mol. The van der Waals surface area contributed by atoms with E-state index in [4.69, 9.17) is 0 Å². The summed E-state index contributed by atoms with van der Waals surface area (Å²) in [5, 5.41) is 10.7. The summed E-state index contributed by atoms with van der Waals surface area (Å²) in [6, 6.07) is 1.99. The van der Waals surface area contributed by atoms with Crippen molar-refractivity contribution >= 4 is 15.7 Å². The number of hydrogen-bond donors (Lipinski definition) is 1. The standard InChI is InChI=1S/C10H13FN2O4S/c1-3-7(2)12-18(16,17)10-5-4-8(11)6-9(10)13(14)15/h4-7,12H,3H2,1-2H3/t7-/m1/s1. The lowest BCUT2D eigenvalue weighted by molar-refractivity contribution is -0.388. The molecule has 1 aromatic rings. The van der Waals surface area contributed by atoms with Gasteiger partial charge in [-0.25, -0.2) is 17.5 Å². The van der Waals surface area contributed by atoms with Crippen molar-refractivity contribution in [1.82, 2.24) is 4.72 Å². The SMILES string of the molecule is CC[C@@H](C)NS(=O)(=O)c1ccc(F)cc1[N+](=O)[O-]. The second-order valence-corrected chi connectivity index (χ2v) is 5.48. The maximum Gasteiger partial charge on any atom is 0.292 e. The average molecular weight is 276 g/mol. The highest BCUT2D eigenvalue weighted by atomic mass is 32.2. The smallest absolute Gasteiger partial charge is 0.258 e. The number of benzene rings is 1. The molecular formula is C10H13FN2O4S. The Kier molecular flexibility index (Phi) is 4.36. The number of halogens is 1. The zero-order valence-corrected chi connectivity index (χ0v) is 10.7. The van der Waals surface area contributed by atoms with Gasteiger partial charge in [0, 0.05) is 6.04 Å². The second kappa shape index (κ2) is 5.40. The molecule has 1 atom stereocenters. The fourth-order valence-corrected chi connectivity index (χ4v) is 2.75. The molecule has 0 amide bonds. The summed E-state index contributed by atoms with van der Waals surface area (Å²) in [6.45, 7) is 3.40. The fourth-order valence-electron chi connectivity index (χ4n) is 1.27. The zero-order valence-electron chi connectivity index (χ0n) is 9.88. The first-order valence-corrected chi connectivity index (χ1v) is 6.72. The second-order valence-electron chi connectivity index (χ2n) is 3.80. The Labute approximate surface area is 104 Å². The van der Waals surface area contributed by atoms with Crippen LogP contribution in [-0.4, -0.2) is 19.4 Å². The molecule has 0 unspecified atom stereocenters. The molecule has 0 heterocycles. The first kappa shape index (κ1) is 14.5. The van der Waals surface area contributed by atoms with Crippen LogP contribution in [0.3, 0.4) is 0 Å². The summed E-state index contributed by atoms with van der Waals surface area (Å²) < 4.78 is 39.0. The molecule has 0 fully saturated rings. The van der Waals surface area contributed by atoms with Gasteiger partial charge in [-0.1, -0.05) is 6.92 Å². The molecule has 0 saturated heterocycles. The van der Waals surface area contributed by atoms with E-state index in [9.17, 15) is 22.9 Å². The fraction of sp³-hybridized carbons (Fsp3) is 0.400. The summed E-state index contributed by atoms with van der Waals surface area (Å²) in [4.78, 5) is 9.27. The number of nitro benzene ring substituents is 1. The van der Waals surface area contributed by atoms with Gasteiger partial charge in [0.1, 0.15) is 5.82 Å². The molecule has 0 radical (unpaired) electrons. The lowest BCUT2D eigenvalue weighted by Crippen LogP contribution is -2.32. The Morgan fingerprint density at radius 3 is 2.61 bits per heavy atom. The van der Waals surface area contributed by atoms with Crippen molar-refractivity contribution in [3.8, 4) is 0 Å². The van der Waals surface area contributed by atoms with Crippen LogP contribution in [-0.2, 0) is 10.0 Å². The van der Waals surface area contributed by atoms with E-state index in [0.29, 0.717) is 12.5 Å². The lowest BCUT2D eigenvalue weighted by atomic mass is 10.3. The minimum atomic E-state index is -4.02. The van der Waals surface area contributed by atoms with Gasteiger partial charge in [0.2, 0.25) is 10.0 Å². The number of sulfonamides is 1. The Morgan fingerprint density at radius 2 is 2.11 bits per heavy atom. The summed E-state index contributed by atoms with van der Waals surface area (Å²) in [6.07, 6.45) is 0.536. The van der Waals surface area contributed by atoms with Crippen LogP contribution in [0, 0.1) is 15.9 Å². The van der Waals surface area contributed by atoms with Crippen LogP contribution in [0.5, 0.6) is 0 Å². The Bertz CT molecular complexity index is 559. The molecule has 0 aromatic heterocycles. The van der Waals surface area contributed by atoms with E-state index >= 15 is 0 Å². The van der Waals surface area contributed by atoms with Crippen molar-refractivity contribution in [1.29, 1.82) is 0 Å². The highest BCUT2D eigenvalue weighted by molar-refractivity contribution is 7.89. The summed E-state index contributed by atoms with van der Waals surface area (Å²) >= 11 is 0. The van der Waals surface area contributed by atoms with Crippen LogP contribution in [0.2, 0.25) is 0 Å². The van der Waals surface area contributed by atoms with Gasteiger partial charge in [-0.3, -0.25) is 10.1 Å². The molecular weight excluding hydrogens is 263 g/mol. The predicted molar refractivity (Wildman–Crippen MR) is 63.1 cm³/mol. The summed E-state index contributed by atoms with van der Waals surface area (Å²) in [5.74, 6) is -0.857. The van der Waals surface area contributed by atoms with Crippen LogP contribution in [0.1, 0.15) is 20.3 Å². The Morgan fingerprint density at radius 1 is 1.50 bits per heavy atom. The van der Waals surface area contributed by atoms with E-state index < -0.39 is 31.3 Å². The Balaban J connectivity index is 3.28. The highest BCUT2D eigenvalue weighted by Crippen LogP contribution is 2.24. The largest absolute Gasteiger partial charge is 0.292 e. The molecule has 1 N–H and O–H groups in total. The maximum absolute atomic E-state index is 12.9. The summed E-state index contributed by atoms with van der Waals surface area (Å²) in [5.41, 5.74) is -0.772. The van der Waals surface area contributed by atoms with Gasteiger partial charge in [0.05, 0.1) is 11.0 Å². The van der Waals surface area contributed by atoms with Crippen molar-refractivity contribution < 1.29 is 17.7 Å². The predicted octanol–water partition coefficient (Wildman–Crippen LogP) is 1.81. The first-order chi connectivity index (χ1) is 8.27. The molecule has 0 saturated carbocycles.